The molecule has 2 aromatic rings. The van der Waals surface area contributed by atoms with Crippen molar-refractivity contribution in [3.05, 3.63) is 62.0 Å². The lowest BCUT2D eigenvalue weighted by Crippen LogP contribution is -2.05. The van der Waals surface area contributed by atoms with Crippen LogP contribution < -0.4 is 5.32 Å². The van der Waals surface area contributed by atoms with Gasteiger partial charge in [0.05, 0.1) is 5.69 Å². The van der Waals surface area contributed by atoms with Gasteiger partial charge in [-0.05, 0) is 68.6 Å². The minimum atomic E-state index is -0.549. The number of nitrogens with one attached hydrogen (secondary N) is 1. The van der Waals surface area contributed by atoms with Gasteiger partial charge in [-0.3, -0.25) is 0 Å². The summed E-state index contributed by atoms with van der Waals surface area (Å²) in [5, 5.41) is 3.03. The number of rotatable bonds is 3. The van der Waals surface area contributed by atoms with Crippen LogP contribution in [0.25, 0.3) is 0 Å². The molecule has 0 amide bonds. The Labute approximate surface area is 127 Å². The first kappa shape index (κ1) is 14.5. The van der Waals surface area contributed by atoms with Crippen molar-refractivity contribution < 1.29 is 8.78 Å². The highest BCUT2D eigenvalue weighted by molar-refractivity contribution is 9.11. The molecule has 0 aliphatic heterocycles. The van der Waals surface area contributed by atoms with Crippen LogP contribution in [0, 0.1) is 18.6 Å². The summed E-state index contributed by atoms with van der Waals surface area (Å²) >= 11 is 6.86. The zero-order valence-corrected chi connectivity index (χ0v) is 13.3. The fourth-order valence-electron chi connectivity index (χ4n) is 1.75. The molecule has 0 bridgehead atoms. The molecule has 19 heavy (non-hydrogen) atoms. The smallest absolute Gasteiger partial charge is 0.131 e. The largest absolute Gasteiger partial charge is 0.379 e. The molecule has 2 aromatic carbocycles. The summed E-state index contributed by atoms with van der Waals surface area (Å²) in [5.74, 6) is -1.10. The first-order valence-corrected chi connectivity index (χ1v) is 7.20. The third-order valence-electron chi connectivity index (χ3n) is 2.69. The number of hydrogen-bond donors (Lipinski definition) is 1. The summed E-state index contributed by atoms with van der Waals surface area (Å²) in [6, 6.07) is 7.72. The van der Waals surface area contributed by atoms with Gasteiger partial charge in [-0.25, -0.2) is 8.78 Å². The number of benzene rings is 2. The van der Waals surface area contributed by atoms with Crippen molar-refractivity contribution in [1.82, 2.24) is 0 Å². The van der Waals surface area contributed by atoms with Gasteiger partial charge < -0.3 is 5.32 Å². The Balaban J connectivity index is 2.24. The van der Waals surface area contributed by atoms with Gasteiger partial charge in [0.1, 0.15) is 11.6 Å². The Bertz CT molecular complexity index is 571. The summed E-state index contributed by atoms with van der Waals surface area (Å²) in [7, 11) is 0. The van der Waals surface area contributed by atoms with Gasteiger partial charge in [0, 0.05) is 21.1 Å². The van der Waals surface area contributed by atoms with E-state index in [4.69, 9.17) is 0 Å². The molecule has 0 saturated heterocycles. The van der Waals surface area contributed by atoms with E-state index >= 15 is 0 Å². The lowest BCUT2D eigenvalue weighted by Gasteiger charge is -2.12. The highest BCUT2D eigenvalue weighted by Crippen LogP contribution is 2.32. The quantitative estimate of drug-likeness (QED) is 0.738. The third kappa shape index (κ3) is 3.34. The molecule has 5 heteroatoms. The predicted molar refractivity (Wildman–Crippen MR) is 80.3 cm³/mol. The average Bonchev–Trinajstić information content (AvgIpc) is 2.31. The van der Waals surface area contributed by atoms with Crippen LogP contribution >= 0.6 is 31.9 Å². The van der Waals surface area contributed by atoms with Crippen molar-refractivity contribution in [2.45, 2.75) is 13.5 Å². The SMILES string of the molecule is Cc1cc(Br)c(NCc2c(F)cccc2F)c(Br)c1. The summed E-state index contributed by atoms with van der Waals surface area (Å²) in [4.78, 5) is 0. The molecule has 100 valence electrons. The Morgan fingerprint density at radius 3 is 2.11 bits per heavy atom. The van der Waals surface area contributed by atoms with Crippen molar-refractivity contribution in [1.29, 1.82) is 0 Å². The van der Waals surface area contributed by atoms with E-state index in [1.165, 1.54) is 18.2 Å². The Morgan fingerprint density at radius 1 is 1.05 bits per heavy atom. The van der Waals surface area contributed by atoms with Gasteiger partial charge in [-0.15, -0.1) is 0 Å². The predicted octanol–water partition coefficient (Wildman–Crippen LogP) is 5.41. The topological polar surface area (TPSA) is 12.0 Å². The Kier molecular flexibility index (Phi) is 4.58. The van der Waals surface area contributed by atoms with Crippen LogP contribution in [0.2, 0.25) is 0 Å². The van der Waals surface area contributed by atoms with Gasteiger partial charge >= 0.3 is 0 Å². The van der Waals surface area contributed by atoms with Gasteiger partial charge in [0.25, 0.3) is 0 Å². The normalized spacial score (nSPS) is 10.6. The monoisotopic (exact) mass is 389 g/mol. The lowest BCUT2D eigenvalue weighted by molar-refractivity contribution is 0.560. The second-order valence-electron chi connectivity index (χ2n) is 4.16. The average molecular weight is 391 g/mol. The molecule has 0 aliphatic carbocycles. The van der Waals surface area contributed by atoms with Crippen molar-refractivity contribution >= 4 is 37.5 Å². The molecule has 0 aliphatic rings. The number of anilines is 1. The molecule has 0 saturated carbocycles. The molecule has 0 spiro atoms. The minimum Gasteiger partial charge on any atom is -0.379 e. The molecule has 1 N–H and O–H groups in total. The first-order chi connectivity index (χ1) is 8.99. The maximum Gasteiger partial charge on any atom is 0.131 e. The molecule has 0 aromatic heterocycles. The summed E-state index contributed by atoms with van der Waals surface area (Å²) < 4.78 is 28.7. The van der Waals surface area contributed by atoms with Crippen molar-refractivity contribution in [3.63, 3.8) is 0 Å². The molecule has 0 unspecified atom stereocenters. The van der Waals surface area contributed by atoms with E-state index < -0.39 is 11.6 Å². The molecule has 0 radical (unpaired) electrons. The van der Waals surface area contributed by atoms with E-state index in [1.807, 2.05) is 19.1 Å². The van der Waals surface area contributed by atoms with Crippen LogP contribution in [0.15, 0.2) is 39.3 Å². The molecule has 1 nitrogen and oxygen atoms in total. The van der Waals surface area contributed by atoms with Crippen molar-refractivity contribution in [3.8, 4) is 0 Å². The molecule has 0 atom stereocenters. The van der Waals surface area contributed by atoms with Crippen LogP contribution in [-0.2, 0) is 6.54 Å². The second kappa shape index (κ2) is 6.01. The summed E-state index contributed by atoms with van der Waals surface area (Å²) in [6.45, 7) is 2.05. The zero-order valence-electron chi connectivity index (χ0n) is 10.1. The van der Waals surface area contributed by atoms with Crippen LogP contribution in [0.5, 0.6) is 0 Å². The first-order valence-electron chi connectivity index (χ1n) is 5.61. The molecule has 2 rings (SSSR count). The molecule has 0 heterocycles. The number of hydrogen-bond acceptors (Lipinski definition) is 1. The van der Waals surface area contributed by atoms with Crippen LogP contribution in [0.3, 0.4) is 0 Å². The number of halogens is 4. The fraction of sp³-hybridized carbons (Fsp3) is 0.143. The van der Waals surface area contributed by atoms with Gasteiger partial charge in [0.2, 0.25) is 0 Å². The van der Waals surface area contributed by atoms with Gasteiger partial charge in [-0.1, -0.05) is 6.07 Å². The maximum atomic E-state index is 13.5. The summed E-state index contributed by atoms with van der Waals surface area (Å²) in [5.41, 5.74) is 1.89. The van der Waals surface area contributed by atoms with Crippen LogP contribution in [-0.4, -0.2) is 0 Å². The Morgan fingerprint density at radius 2 is 1.58 bits per heavy atom. The number of aryl methyl sites for hydroxylation is 1. The van der Waals surface area contributed by atoms with Crippen molar-refractivity contribution in [2.24, 2.45) is 0 Å². The molecular formula is C14H11Br2F2N. The van der Waals surface area contributed by atoms with E-state index in [0.29, 0.717) is 0 Å². The second-order valence-corrected chi connectivity index (χ2v) is 5.87. The van der Waals surface area contributed by atoms with E-state index in [2.05, 4.69) is 37.2 Å². The highest BCUT2D eigenvalue weighted by atomic mass is 79.9. The van der Waals surface area contributed by atoms with E-state index in [1.54, 1.807) is 0 Å². The third-order valence-corrected chi connectivity index (χ3v) is 3.94. The highest BCUT2D eigenvalue weighted by Gasteiger charge is 2.10. The van der Waals surface area contributed by atoms with E-state index in [9.17, 15) is 8.78 Å². The van der Waals surface area contributed by atoms with Crippen LogP contribution in [0.1, 0.15) is 11.1 Å². The van der Waals surface area contributed by atoms with E-state index in [-0.39, 0.29) is 12.1 Å². The standard InChI is InChI=1S/C14H11Br2F2N/c1-8-5-10(15)14(11(16)6-8)19-7-9-12(17)3-2-4-13(9)18/h2-6,19H,7H2,1H3. The van der Waals surface area contributed by atoms with Crippen molar-refractivity contribution in [2.75, 3.05) is 5.32 Å². The summed E-state index contributed by atoms with van der Waals surface area (Å²) in [6.07, 6.45) is 0. The Hall–Kier alpha value is -0.940. The minimum absolute atomic E-state index is 0.0295. The van der Waals surface area contributed by atoms with Gasteiger partial charge in [-0.2, -0.15) is 0 Å². The van der Waals surface area contributed by atoms with Gasteiger partial charge in [0.15, 0.2) is 0 Å². The van der Waals surface area contributed by atoms with Crippen LogP contribution in [0.4, 0.5) is 14.5 Å². The molecule has 0 fully saturated rings. The molecular weight excluding hydrogens is 380 g/mol. The van der Waals surface area contributed by atoms with E-state index in [0.717, 1.165) is 20.2 Å². The lowest BCUT2D eigenvalue weighted by atomic mass is 10.2. The zero-order chi connectivity index (χ0) is 14.0. The maximum absolute atomic E-state index is 13.5. The fourth-order valence-corrected chi connectivity index (χ4v) is 3.44.